The first kappa shape index (κ1) is 14.4. The molecular formula is C18H17N5O. The van der Waals surface area contributed by atoms with Crippen LogP contribution in [0.5, 0.6) is 0 Å². The van der Waals surface area contributed by atoms with E-state index < -0.39 is 0 Å². The summed E-state index contributed by atoms with van der Waals surface area (Å²) in [5.74, 6) is 1.35. The molecule has 2 aromatic heterocycles. The van der Waals surface area contributed by atoms with Crippen LogP contribution in [0.1, 0.15) is 12.7 Å². The predicted octanol–water partition coefficient (Wildman–Crippen LogP) is 2.68. The summed E-state index contributed by atoms with van der Waals surface area (Å²) in [6.45, 7) is 3.02. The third-order valence-corrected chi connectivity index (χ3v) is 4.12. The average Bonchev–Trinajstić information content (AvgIpc) is 3.05. The normalized spacial score (nSPS) is 11.2. The maximum absolute atomic E-state index is 12.6. The van der Waals surface area contributed by atoms with Crippen molar-refractivity contribution in [1.82, 2.24) is 19.2 Å². The Hall–Kier alpha value is -3.15. The Morgan fingerprint density at radius 3 is 2.54 bits per heavy atom. The fraction of sp³-hybridized carbons (Fsp3) is 0.167. The Bertz CT molecular complexity index is 1070. The SMILES string of the molecule is CCn1c(=O)c2ccccc2n2c(CNc3ccccc3)nnc12. The number of hydrogen-bond acceptors (Lipinski definition) is 4. The molecule has 4 aromatic rings. The van der Waals surface area contributed by atoms with E-state index in [-0.39, 0.29) is 5.56 Å². The molecule has 0 saturated carbocycles. The van der Waals surface area contributed by atoms with Gasteiger partial charge in [-0.2, -0.15) is 0 Å². The topological polar surface area (TPSA) is 64.2 Å². The van der Waals surface area contributed by atoms with Crippen LogP contribution in [0.2, 0.25) is 0 Å². The largest absolute Gasteiger partial charge is 0.378 e. The van der Waals surface area contributed by atoms with Gasteiger partial charge in [0.1, 0.15) is 0 Å². The number of benzene rings is 2. The molecule has 4 rings (SSSR count). The lowest BCUT2D eigenvalue weighted by molar-refractivity contribution is 0.734. The summed E-state index contributed by atoms with van der Waals surface area (Å²) in [5.41, 5.74) is 1.81. The van der Waals surface area contributed by atoms with Crippen LogP contribution in [-0.2, 0) is 13.1 Å². The van der Waals surface area contributed by atoms with E-state index in [1.54, 1.807) is 4.57 Å². The molecular weight excluding hydrogens is 302 g/mol. The van der Waals surface area contributed by atoms with Crippen LogP contribution in [0.4, 0.5) is 5.69 Å². The lowest BCUT2D eigenvalue weighted by Crippen LogP contribution is -2.22. The summed E-state index contributed by atoms with van der Waals surface area (Å²) >= 11 is 0. The molecule has 6 nitrogen and oxygen atoms in total. The van der Waals surface area contributed by atoms with Crippen molar-refractivity contribution < 1.29 is 0 Å². The maximum atomic E-state index is 12.6. The van der Waals surface area contributed by atoms with Gasteiger partial charge in [-0.25, -0.2) is 0 Å². The molecule has 6 heteroatoms. The minimum Gasteiger partial charge on any atom is -0.378 e. The van der Waals surface area contributed by atoms with E-state index in [0.717, 1.165) is 17.0 Å². The molecule has 0 spiro atoms. The van der Waals surface area contributed by atoms with Crippen molar-refractivity contribution in [1.29, 1.82) is 0 Å². The molecule has 2 aromatic carbocycles. The minimum absolute atomic E-state index is 0.0319. The van der Waals surface area contributed by atoms with Crippen LogP contribution >= 0.6 is 0 Å². The Balaban J connectivity index is 1.88. The van der Waals surface area contributed by atoms with Crippen molar-refractivity contribution in [3.05, 3.63) is 70.8 Å². The Morgan fingerprint density at radius 2 is 1.75 bits per heavy atom. The summed E-state index contributed by atoms with van der Waals surface area (Å²) in [5, 5.41) is 12.6. The average molecular weight is 319 g/mol. The smallest absolute Gasteiger partial charge is 0.262 e. The molecule has 0 radical (unpaired) electrons. The van der Waals surface area contributed by atoms with Gasteiger partial charge in [0.25, 0.3) is 5.56 Å². The third kappa shape index (κ3) is 2.23. The highest BCUT2D eigenvalue weighted by Gasteiger charge is 2.15. The summed E-state index contributed by atoms with van der Waals surface area (Å²) in [4.78, 5) is 12.6. The third-order valence-electron chi connectivity index (χ3n) is 4.12. The second kappa shape index (κ2) is 5.81. The van der Waals surface area contributed by atoms with Gasteiger partial charge in [-0.1, -0.05) is 30.3 Å². The number of aromatic nitrogens is 4. The predicted molar refractivity (Wildman–Crippen MR) is 94.2 cm³/mol. The highest BCUT2D eigenvalue weighted by Crippen LogP contribution is 2.15. The van der Waals surface area contributed by atoms with E-state index in [9.17, 15) is 4.79 Å². The minimum atomic E-state index is -0.0319. The number of fused-ring (bicyclic) bond motifs is 3. The van der Waals surface area contributed by atoms with Crippen LogP contribution in [0.25, 0.3) is 16.7 Å². The number of nitrogens with one attached hydrogen (secondary N) is 1. The second-order valence-electron chi connectivity index (χ2n) is 5.54. The van der Waals surface area contributed by atoms with Crippen LogP contribution in [0.3, 0.4) is 0 Å². The standard InChI is InChI=1S/C18H17N5O/c1-2-22-17(24)14-10-6-7-11-15(14)23-16(20-21-18(22)23)12-19-13-8-4-3-5-9-13/h3-11,19H,2,12H2,1H3. The molecule has 0 aliphatic carbocycles. The molecule has 0 aliphatic rings. The van der Waals surface area contributed by atoms with E-state index >= 15 is 0 Å². The van der Waals surface area contributed by atoms with Crippen molar-refractivity contribution in [2.45, 2.75) is 20.0 Å². The summed E-state index contributed by atoms with van der Waals surface area (Å²) in [6.07, 6.45) is 0. The van der Waals surface area contributed by atoms with Crippen LogP contribution in [0.15, 0.2) is 59.4 Å². The van der Waals surface area contributed by atoms with E-state index in [4.69, 9.17) is 0 Å². The van der Waals surface area contributed by atoms with Crippen molar-refractivity contribution in [3.8, 4) is 0 Å². The van der Waals surface area contributed by atoms with Gasteiger partial charge in [0.2, 0.25) is 5.78 Å². The number of rotatable bonds is 4. The van der Waals surface area contributed by atoms with E-state index in [2.05, 4.69) is 15.5 Å². The molecule has 0 unspecified atom stereocenters. The van der Waals surface area contributed by atoms with Gasteiger partial charge in [-0.3, -0.25) is 13.8 Å². The van der Waals surface area contributed by atoms with Crippen LogP contribution in [0, 0.1) is 0 Å². The molecule has 0 bridgehead atoms. The van der Waals surface area contributed by atoms with Crippen molar-refractivity contribution in [2.75, 3.05) is 5.32 Å². The molecule has 1 N–H and O–H groups in total. The van der Waals surface area contributed by atoms with Gasteiger partial charge < -0.3 is 5.32 Å². The zero-order valence-corrected chi connectivity index (χ0v) is 13.3. The van der Waals surface area contributed by atoms with Gasteiger partial charge in [0, 0.05) is 12.2 Å². The van der Waals surface area contributed by atoms with Crippen LogP contribution < -0.4 is 10.9 Å². The monoisotopic (exact) mass is 319 g/mol. The highest BCUT2D eigenvalue weighted by atomic mass is 16.1. The Kier molecular flexibility index (Phi) is 3.49. The first-order valence-corrected chi connectivity index (χ1v) is 7.94. The number of para-hydroxylation sites is 2. The van der Waals surface area contributed by atoms with E-state index in [1.165, 1.54) is 0 Å². The fourth-order valence-corrected chi connectivity index (χ4v) is 2.95. The zero-order chi connectivity index (χ0) is 16.5. The lowest BCUT2D eigenvalue weighted by atomic mass is 10.2. The number of aryl methyl sites for hydroxylation is 1. The van der Waals surface area contributed by atoms with Crippen molar-refractivity contribution in [2.24, 2.45) is 0 Å². The summed E-state index contributed by atoms with van der Waals surface area (Å²) < 4.78 is 3.61. The summed E-state index contributed by atoms with van der Waals surface area (Å²) in [7, 11) is 0. The van der Waals surface area contributed by atoms with Gasteiger partial charge >= 0.3 is 0 Å². The van der Waals surface area contributed by atoms with Gasteiger partial charge in [-0.15, -0.1) is 10.2 Å². The molecule has 0 amide bonds. The fourth-order valence-electron chi connectivity index (χ4n) is 2.95. The lowest BCUT2D eigenvalue weighted by Gasteiger charge is -2.10. The molecule has 2 heterocycles. The number of hydrogen-bond donors (Lipinski definition) is 1. The quantitative estimate of drug-likeness (QED) is 0.628. The van der Waals surface area contributed by atoms with Crippen molar-refractivity contribution >= 4 is 22.4 Å². The van der Waals surface area contributed by atoms with Gasteiger partial charge in [0.05, 0.1) is 17.4 Å². The van der Waals surface area contributed by atoms with Crippen molar-refractivity contribution in [3.63, 3.8) is 0 Å². The van der Waals surface area contributed by atoms with Gasteiger partial charge in [-0.05, 0) is 31.2 Å². The zero-order valence-electron chi connectivity index (χ0n) is 13.3. The maximum Gasteiger partial charge on any atom is 0.262 e. The Labute approximate surface area is 138 Å². The van der Waals surface area contributed by atoms with E-state index in [1.807, 2.05) is 65.9 Å². The molecule has 0 fully saturated rings. The first-order valence-electron chi connectivity index (χ1n) is 7.94. The number of anilines is 1. The number of nitrogens with zero attached hydrogens (tertiary/aromatic N) is 4. The molecule has 0 saturated heterocycles. The van der Waals surface area contributed by atoms with E-state index in [0.29, 0.717) is 24.3 Å². The van der Waals surface area contributed by atoms with Gasteiger partial charge in [0.15, 0.2) is 5.82 Å². The second-order valence-corrected chi connectivity index (χ2v) is 5.54. The highest BCUT2D eigenvalue weighted by molar-refractivity contribution is 5.80. The van der Waals surface area contributed by atoms with Crippen LogP contribution in [-0.4, -0.2) is 19.2 Å². The molecule has 0 atom stereocenters. The molecule has 120 valence electrons. The molecule has 24 heavy (non-hydrogen) atoms. The molecule has 0 aliphatic heterocycles. The Morgan fingerprint density at radius 1 is 1.00 bits per heavy atom. The summed E-state index contributed by atoms with van der Waals surface area (Å²) in [6, 6.07) is 17.5. The first-order chi connectivity index (χ1) is 11.8.